The van der Waals surface area contributed by atoms with Gasteiger partial charge >= 0.3 is 7.60 Å². The Morgan fingerprint density at radius 3 is 1.10 bits per heavy atom. The molecule has 6 aliphatic heterocycles. The molecule has 0 saturated heterocycles. The summed E-state index contributed by atoms with van der Waals surface area (Å²) in [5, 5.41) is 31.0. The highest BCUT2D eigenvalue weighted by molar-refractivity contribution is 9.10. The molecular weight excluding hydrogens is 2020 g/mol. The highest BCUT2D eigenvalue weighted by atomic mass is 79.9. The van der Waals surface area contributed by atoms with E-state index in [0.29, 0.717) is 61.4 Å². The second-order valence-corrected chi connectivity index (χ2v) is 56.1. The Labute approximate surface area is 855 Å². The summed E-state index contributed by atoms with van der Waals surface area (Å²) in [5.74, 6) is -0.584. The van der Waals surface area contributed by atoms with Gasteiger partial charge in [0, 0.05) is 165 Å². The molecule has 0 atom stereocenters. The van der Waals surface area contributed by atoms with Crippen LogP contribution in [-0.4, -0.2) is 134 Å². The van der Waals surface area contributed by atoms with Crippen molar-refractivity contribution < 1.29 is 79.4 Å². The van der Waals surface area contributed by atoms with E-state index in [2.05, 4.69) is 64.9 Å². The van der Waals surface area contributed by atoms with E-state index in [1.807, 2.05) is 225 Å². The largest absolute Gasteiger partial charge is 0.508 e. The Balaban J connectivity index is 0.000000132. The number of carbonyl (C=O) groups excluding carboxylic acids is 6. The first-order valence-electron chi connectivity index (χ1n) is 45.9. The van der Waals surface area contributed by atoms with E-state index in [1.165, 1.54) is 32.4 Å². The number of carbonyl (C=O) groups is 6. The van der Waals surface area contributed by atoms with E-state index >= 15 is 0 Å². The summed E-state index contributed by atoms with van der Waals surface area (Å²) in [6, 6.07) is 88.5. The molecule has 0 bridgehead atoms. The lowest BCUT2D eigenvalue weighted by Gasteiger charge is -2.13. The molecule has 6 aliphatic rings. The van der Waals surface area contributed by atoms with Crippen molar-refractivity contribution >= 4 is 231 Å². The van der Waals surface area contributed by atoms with Gasteiger partial charge in [-0.15, -0.1) is 0 Å². The highest BCUT2D eigenvalue weighted by Gasteiger charge is 2.33. The molecule has 0 aliphatic carbocycles. The summed E-state index contributed by atoms with van der Waals surface area (Å²) in [7, 11) is -10.7. The second kappa shape index (κ2) is 44.3. The number of halogens is 2. The molecule has 14 aromatic rings. The van der Waals surface area contributed by atoms with Crippen molar-refractivity contribution in [2.75, 3.05) is 120 Å². The van der Waals surface area contributed by atoms with Gasteiger partial charge in [-0.1, -0.05) is 180 Å². The van der Waals surface area contributed by atoms with Gasteiger partial charge in [0.05, 0.1) is 23.8 Å². The van der Waals surface area contributed by atoms with Crippen LogP contribution in [0.2, 0.25) is 0 Å². The number of aromatic nitrogens is 1. The number of pyridine rings is 1. The third kappa shape index (κ3) is 25.4. The summed E-state index contributed by atoms with van der Waals surface area (Å²) in [6.45, 7) is 19.3. The molecule has 146 heavy (non-hydrogen) atoms. The fourth-order valence-electron chi connectivity index (χ4n) is 16.7. The van der Waals surface area contributed by atoms with Gasteiger partial charge in [-0.05, 0) is 281 Å². The van der Waals surface area contributed by atoms with Crippen LogP contribution in [0.15, 0.2) is 308 Å². The lowest BCUT2D eigenvalue weighted by atomic mass is 9.99. The molecule has 20 rings (SSSR count). The topological polar surface area (TPSA) is 338 Å². The molecule has 0 radical (unpaired) electrons. The molecule has 0 unspecified atom stereocenters. The zero-order valence-corrected chi connectivity index (χ0v) is 89.2. The van der Waals surface area contributed by atoms with Crippen LogP contribution >= 0.6 is 59.2 Å². The third-order valence-corrected chi connectivity index (χ3v) is 34.5. The van der Waals surface area contributed by atoms with E-state index < -0.39 is 43.3 Å². The van der Waals surface area contributed by atoms with Gasteiger partial charge in [-0.3, -0.25) is 38.3 Å². The Morgan fingerprint density at radius 2 is 0.678 bits per heavy atom. The van der Waals surface area contributed by atoms with E-state index in [4.69, 9.17) is 13.8 Å². The summed E-state index contributed by atoms with van der Waals surface area (Å²) in [6.07, 6.45) is 14.4. The number of hydrogen-bond acceptors (Lipinski definition) is 17. The summed E-state index contributed by atoms with van der Waals surface area (Å²) < 4.78 is 103. The number of phenols is 1. The van der Waals surface area contributed by atoms with Crippen molar-refractivity contribution in [2.24, 2.45) is 0 Å². The Morgan fingerprint density at radius 1 is 0.308 bits per heavy atom. The maximum atomic E-state index is 13.4. The van der Waals surface area contributed by atoms with Gasteiger partial charge in [-0.2, -0.15) is 0 Å². The minimum Gasteiger partial charge on any atom is -0.508 e. The van der Waals surface area contributed by atoms with Crippen LogP contribution in [-0.2, 0) is 65.2 Å². The molecule has 7 N–H and O–H groups in total. The minimum atomic E-state index is -3.28. The van der Waals surface area contributed by atoms with E-state index in [1.54, 1.807) is 165 Å². The smallest absolute Gasteiger partial charge is 0.360 e. The van der Waals surface area contributed by atoms with Crippen molar-refractivity contribution in [3.63, 3.8) is 0 Å². The number of methoxy groups -OCH3 is 1. The first kappa shape index (κ1) is 106. The van der Waals surface area contributed by atoms with Crippen molar-refractivity contribution in [3.05, 3.63) is 386 Å². The number of nitrogens with one attached hydrogen (secondary N) is 6. The maximum absolute atomic E-state index is 13.4. The summed E-state index contributed by atoms with van der Waals surface area (Å²) >= 11 is 3.43. The Bertz CT molecular complexity index is 7980. The maximum Gasteiger partial charge on any atom is 0.360 e. The molecule has 13 aromatic carbocycles. The van der Waals surface area contributed by atoms with E-state index in [9.17, 15) is 65.7 Å². The lowest BCUT2D eigenvalue weighted by Crippen LogP contribution is -2.08. The molecule has 6 amide bonds. The Kier molecular flexibility index (Phi) is 32.1. The lowest BCUT2D eigenvalue weighted by molar-refractivity contribution is -0.111. The number of fused-ring (bicyclic) bond motifs is 6. The number of rotatable bonds is 17. The van der Waals surface area contributed by atoms with Crippen LogP contribution in [0.3, 0.4) is 0 Å². The average Bonchev–Trinajstić information content (AvgIpc) is 1.72. The standard InChI is InChI=1S/C24H22NO2P.C22H19N2O2P.C18H18NO5P.C17H15BrNO2P.C17H15FNO2P.C17H16NO3P/c1-16-9-10-17(14-23(16)28(2,3)27)13-21-20-12-11-19(15-22(20)25-24(21)26)18-7-5-4-6-8-18;1-27(2,26)18-8-5-15(6-9-18)12-20-19-10-7-16(13-21(19)24-22(20)25)17-4-3-11-23-14-17;1-22-13-6-9-15-16(18(20)19-17(15)11-13)10-12-4-7-14(8-5-12)25(21,23-2)24-3;2*1-22(2,21)13-5-3-4-11(8-13)9-15-14-10-12(18)6-7-16(14)19-17(15)20;1-22(2,21)13-5-3-4-11(8-13)9-15-14-7-6-12(19)10-16(14)18-17(15)20/h4-15H,1-3H3,(H,25,26);3-14H,1-2H3,(H,24,25);4-11H,1-3H3,(H,19,20);2*3-10H,1-2H3,(H,19,20);3-10,19H,1-2H3,(H,18,20). The second-order valence-electron chi connectivity index (χ2n) is 36.9. The molecule has 31 heteroatoms. The van der Waals surface area contributed by atoms with Gasteiger partial charge in [0.25, 0.3) is 35.4 Å². The van der Waals surface area contributed by atoms with Crippen LogP contribution in [0.25, 0.3) is 92.1 Å². The van der Waals surface area contributed by atoms with Crippen molar-refractivity contribution in [3.8, 4) is 33.8 Å². The van der Waals surface area contributed by atoms with Gasteiger partial charge in [0.1, 0.15) is 53.0 Å². The number of benzene rings is 13. The number of aryl methyl sites for hydroxylation is 1. The number of hydrogen-bond donors (Lipinski definition) is 7. The molecule has 7 heterocycles. The van der Waals surface area contributed by atoms with Crippen LogP contribution in [0.4, 0.5) is 38.5 Å². The van der Waals surface area contributed by atoms with E-state index in [0.717, 1.165) is 143 Å². The van der Waals surface area contributed by atoms with Gasteiger partial charge in [0.15, 0.2) is 0 Å². The van der Waals surface area contributed by atoms with Crippen molar-refractivity contribution in [1.82, 2.24) is 4.98 Å². The predicted octanol–water partition coefficient (Wildman–Crippen LogP) is 24.1. The van der Waals surface area contributed by atoms with Crippen LogP contribution < -0.4 is 68.5 Å². The van der Waals surface area contributed by atoms with Crippen LogP contribution in [0.1, 0.15) is 72.3 Å². The molecule has 0 spiro atoms. The minimum absolute atomic E-state index is 0.111. The number of amides is 6. The third-order valence-electron chi connectivity index (χ3n) is 24.4. The number of aromatic hydroxyl groups is 1. The zero-order valence-electron chi connectivity index (χ0n) is 82.3. The number of ether oxygens (including phenoxy) is 1. The van der Waals surface area contributed by atoms with Gasteiger partial charge < -0.3 is 73.6 Å². The fraction of sp³-hybridized carbons (Fsp3) is 0.122. The number of phenolic OH excluding ortho intramolecular Hbond substituents is 1. The molecular formula is C115H105BrFN7O16P6. The highest BCUT2D eigenvalue weighted by Crippen LogP contribution is 2.48. The normalized spacial score (nSPS) is 15.3. The predicted molar refractivity (Wildman–Crippen MR) is 602 cm³/mol. The van der Waals surface area contributed by atoms with Crippen molar-refractivity contribution in [2.45, 2.75) is 6.92 Å². The fourth-order valence-corrected chi connectivity index (χ4v) is 23.1. The first-order chi connectivity index (χ1) is 69.3. The average molecular weight is 2130 g/mol. The first-order valence-corrected chi connectivity index (χ1v) is 61.3. The van der Waals surface area contributed by atoms with Crippen LogP contribution in [0, 0.1) is 12.7 Å². The zero-order chi connectivity index (χ0) is 105. The monoisotopic (exact) mass is 2120 g/mol. The summed E-state index contributed by atoms with van der Waals surface area (Å²) in [5.41, 5.74) is 22.8. The quantitative estimate of drug-likeness (QED) is 0.0329. The molecule has 740 valence electrons. The van der Waals surface area contributed by atoms with Crippen molar-refractivity contribution in [1.29, 1.82) is 0 Å². The number of nitrogens with zero attached hydrogens (tertiary/aromatic N) is 1. The van der Waals surface area contributed by atoms with Crippen LogP contribution in [0.5, 0.6) is 11.5 Å². The Hall–Kier alpha value is -14.4. The number of anilines is 6. The molecule has 23 nitrogen and oxygen atoms in total. The molecule has 1 aromatic heterocycles. The summed E-state index contributed by atoms with van der Waals surface area (Å²) in [4.78, 5) is 77.8. The molecule has 0 fully saturated rings. The molecule has 0 saturated carbocycles. The van der Waals surface area contributed by atoms with Gasteiger partial charge in [-0.25, -0.2) is 4.39 Å². The van der Waals surface area contributed by atoms with Gasteiger partial charge in [0.2, 0.25) is 0 Å². The SMILES string of the molecule is COc1ccc2c(c1)NC(=O)C2=Cc1ccc(P(=O)(OC)OC)cc1.CP(C)(=O)c1ccc(C=C2C(=O)Nc3cc(-c4cccnc4)ccc32)cc1.CP(C)(=O)c1cccc(C=C2C(=O)Nc3cc(O)ccc32)c1.CP(C)(=O)c1cccc(C=C2C(=O)Nc3ccc(Br)cc32)c1.CP(C)(=O)c1cccc(C=C2C(=O)Nc3ccc(F)cc32)c1.Cc1ccc(C=C2C(=O)Nc3cc(-c4ccccc4)ccc32)cc1P(C)(C)=O. The van der Waals surface area contributed by atoms with E-state index in [-0.39, 0.29) is 47.0 Å².